The van der Waals surface area contributed by atoms with E-state index in [1.54, 1.807) is 37.4 Å². The summed E-state index contributed by atoms with van der Waals surface area (Å²) in [5.41, 5.74) is 6.90. The molecule has 0 aliphatic heterocycles. The lowest BCUT2D eigenvalue weighted by atomic mass is 10.1. The molecule has 1 unspecified atom stereocenters. The molecule has 34 heavy (non-hydrogen) atoms. The van der Waals surface area contributed by atoms with Crippen molar-refractivity contribution in [1.29, 1.82) is 5.41 Å². The zero-order chi connectivity index (χ0) is 24.1. The van der Waals surface area contributed by atoms with Crippen molar-refractivity contribution in [2.45, 2.75) is 6.10 Å². The first-order valence-corrected chi connectivity index (χ1v) is 11.1. The first-order valence-electron chi connectivity index (χ1n) is 10.3. The van der Waals surface area contributed by atoms with Gasteiger partial charge in [0.2, 0.25) is 0 Å². The first kappa shape index (κ1) is 23.1. The van der Waals surface area contributed by atoms with Gasteiger partial charge in [0, 0.05) is 21.8 Å². The molecule has 1 heterocycles. The Morgan fingerprint density at radius 3 is 2.53 bits per heavy atom. The van der Waals surface area contributed by atoms with Crippen LogP contribution in [0.5, 0.6) is 11.5 Å². The highest BCUT2D eigenvalue weighted by Crippen LogP contribution is 2.36. The molecule has 0 radical (unpaired) electrons. The van der Waals surface area contributed by atoms with Crippen LogP contribution in [0.15, 0.2) is 72.8 Å². The highest BCUT2D eigenvalue weighted by Gasteiger charge is 2.20. The number of nitrogen functional groups attached to an aromatic ring is 1. The summed E-state index contributed by atoms with van der Waals surface area (Å²) in [7, 11) is 1.56. The maximum atomic E-state index is 14.3. The average molecular weight is 480 g/mol. The Balaban J connectivity index is 1.54. The third-order valence-corrected chi connectivity index (χ3v) is 6.09. The largest absolute Gasteiger partial charge is 0.497 e. The number of ether oxygens (including phenoxy) is 3. The summed E-state index contributed by atoms with van der Waals surface area (Å²) in [6.07, 6.45) is -1.36. The number of methoxy groups -OCH3 is 1. The molecular formula is C25H22FN3O4S. The number of benzene rings is 3. The monoisotopic (exact) mass is 479 g/mol. The van der Waals surface area contributed by atoms with Gasteiger partial charge in [0.05, 0.1) is 12.0 Å². The van der Waals surface area contributed by atoms with Crippen molar-refractivity contribution < 1.29 is 23.4 Å². The minimum Gasteiger partial charge on any atom is -0.497 e. The zero-order valence-corrected chi connectivity index (χ0v) is 19.0. The van der Waals surface area contributed by atoms with E-state index in [1.165, 1.54) is 23.5 Å². The van der Waals surface area contributed by atoms with Crippen LogP contribution in [0.4, 0.5) is 14.9 Å². The topological polar surface area (TPSA) is 107 Å². The Morgan fingerprint density at radius 2 is 1.85 bits per heavy atom. The molecule has 4 rings (SSSR count). The van der Waals surface area contributed by atoms with E-state index in [0.717, 1.165) is 5.56 Å². The van der Waals surface area contributed by atoms with Gasteiger partial charge in [-0.15, -0.1) is 11.3 Å². The van der Waals surface area contributed by atoms with Crippen LogP contribution in [0.1, 0.15) is 16.5 Å². The number of fused-ring (bicyclic) bond motifs is 1. The number of halogens is 1. The molecule has 0 saturated heterocycles. The smallest absolute Gasteiger partial charge is 0.411 e. The van der Waals surface area contributed by atoms with E-state index in [0.29, 0.717) is 26.4 Å². The van der Waals surface area contributed by atoms with Gasteiger partial charge < -0.3 is 19.9 Å². The van der Waals surface area contributed by atoms with Gasteiger partial charge in [-0.1, -0.05) is 30.3 Å². The summed E-state index contributed by atoms with van der Waals surface area (Å²) in [6, 6.07) is 20.4. The van der Waals surface area contributed by atoms with Crippen LogP contribution < -0.4 is 20.5 Å². The second kappa shape index (κ2) is 10.2. The van der Waals surface area contributed by atoms with Crippen LogP contribution in [-0.2, 0) is 4.74 Å². The molecule has 174 valence electrons. The number of hydrogen-bond acceptors (Lipinski definition) is 6. The van der Waals surface area contributed by atoms with Crippen molar-refractivity contribution in [3.05, 3.63) is 89.1 Å². The molecule has 0 aliphatic rings. The summed E-state index contributed by atoms with van der Waals surface area (Å²) in [5, 5.41) is 11.0. The minimum absolute atomic E-state index is 0.106. The van der Waals surface area contributed by atoms with Crippen LogP contribution in [0, 0.1) is 11.2 Å². The molecule has 0 spiro atoms. The number of nitrogens with one attached hydrogen (secondary N) is 2. The van der Waals surface area contributed by atoms with Crippen LogP contribution in [0.25, 0.3) is 10.1 Å². The fourth-order valence-electron chi connectivity index (χ4n) is 3.30. The van der Waals surface area contributed by atoms with E-state index in [1.807, 2.05) is 30.3 Å². The lowest BCUT2D eigenvalue weighted by Crippen LogP contribution is -2.21. The van der Waals surface area contributed by atoms with Crippen LogP contribution in [0.2, 0.25) is 0 Å². The minimum atomic E-state index is -0.700. The van der Waals surface area contributed by atoms with Gasteiger partial charge in [0.25, 0.3) is 0 Å². The molecule has 1 amide bonds. The number of carbonyl (C=O) groups excluding carboxylic acids is 1. The normalized spacial score (nSPS) is 11.6. The number of thiophene rings is 1. The quantitative estimate of drug-likeness (QED) is 0.222. The van der Waals surface area contributed by atoms with Gasteiger partial charge in [0.1, 0.15) is 29.8 Å². The van der Waals surface area contributed by atoms with Crippen molar-refractivity contribution in [2.24, 2.45) is 5.73 Å². The second-order valence-electron chi connectivity index (χ2n) is 7.31. The summed E-state index contributed by atoms with van der Waals surface area (Å²) >= 11 is 1.20. The lowest BCUT2D eigenvalue weighted by molar-refractivity contribution is 0.0908. The average Bonchev–Trinajstić information content (AvgIpc) is 3.27. The molecule has 3 aromatic carbocycles. The first-order chi connectivity index (χ1) is 16.4. The lowest BCUT2D eigenvalue weighted by Gasteiger charge is -2.20. The molecule has 4 N–H and O–H groups in total. The SMILES string of the molecule is COc1ccc(NC(=O)OCC(Oc2cc(F)cc3sc(C(=N)N)cc23)c2ccccc2)cc1. The highest BCUT2D eigenvalue weighted by molar-refractivity contribution is 7.20. The number of nitrogens with two attached hydrogens (primary N) is 1. The van der Waals surface area contributed by atoms with E-state index < -0.39 is 18.0 Å². The molecule has 0 fully saturated rings. The summed E-state index contributed by atoms with van der Waals surface area (Å²) in [6.45, 7) is -0.117. The number of rotatable bonds is 8. The Hall–Kier alpha value is -4.11. The highest BCUT2D eigenvalue weighted by atomic mass is 32.1. The van der Waals surface area contributed by atoms with Gasteiger partial charge in [0.15, 0.2) is 6.10 Å². The van der Waals surface area contributed by atoms with Crippen LogP contribution >= 0.6 is 11.3 Å². The van der Waals surface area contributed by atoms with Crippen molar-refractivity contribution in [2.75, 3.05) is 19.0 Å². The Bertz CT molecular complexity index is 1310. The predicted molar refractivity (Wildman–Crippen MR) is 131 cm³/mol. The van der Waals surface area contributed by atoms with E-state index in [4.69, 9.17) is 25.4 Å². The molecule has 0 aliphatic carbocycles. The van der Waals surface area contributed by atoms with E-state index in [-0.39, 0.29) is 18.2 Å². The Kier molecular flexibility index (Phi) is 6.93. The molecule has 4 aromatic rings. The molecule has 7 nitrogen and oxygen atoms in total. The molecule has 1 atom stereocenters. The standard InChI is InChI=1S/C25H22FN3O4S/c1-31-18-9-7-17(8-10-18)29-25(30)32-14-21(15-5-3-2-4-6-15)33-20-11-16(26)12-22-19(20)13-23(34-22)24(27)28/h2-13,21H,14H2,1H3,(H3,27,28)(H,29,30). The molecule has 0 bridgehead atoms. The van der Waals surface area contributed by atoms with E-state index in [2.05, 4.69) is 5.32 Å². The maximum absolute atomic E-state index is 14.3. The van der Waals surface area contributed by atoms with Gasteiger partial charge in [-0.3, -0.25) is 10.7 Å². The summed E-state index contributed by atoms with van der Waals surface area (Å²) in [4.78, 5) is 12.9. The molecule has 9 heteroatoms. The van der Waals surface area contributed by atoms with Gasteiger partial charge in [-0.25, -0.2) is 9.18 Å². The fraction of sp³-hybridized carbons (Fsp3) is 0.120. The maximum Gasteiger partial charge on any atom is 0.411 e. The van der Waals surface area contributed by atoms with E-state index in [9.17, 15) is 9.18 Å². The Labute approximate surface area is 199 Å². The summed E-state index contributed by atoms with van der Waals surface area (Å²) in [5.74, 6) is 0.348. The number of anilines is 1. The van der Waals surface area contributed by atoms with Crippen molar-refractivity contribution >= 4 is 39.0 Å². The number of amides is 1. The number of hydrogen-bond donors (Lipinski definition) is 3. The Morgan fingerprint density at radius 1 is 1.12 bits per heavy atom. The molecule has 1 aromatic heterocycles. The van der Waals surface area contributed by atoms with Crippen molar-refractivity contribution in [3.63, 3.8) is 0 Å². The third-order valence-electron chi connectivity index (χ3n) is 4.97. The van der Waals surface area contributed by atoms with Gasteiger partial charge in [-0.05, 0) is 42.0 Å². The predicted octanol–water partition coefficient (Wildman–Crippen LogP) is 5.70. The zero-order valence-electron chi connectivity index (χ0n) is 18.2. The van der Waals surface area contributed by atoms with Gasteiger partial charge in [-0.2, -0.15) is 0 Å². The number of amidine groups is 1. The van der Waals surface area contributed by atoms with Gasteiger partial charge >= 0.3 is 6.09 Å². The van der Waals surface area contributed by atoms with Crippen molar-refractivity contribution in [3.8, 4) is 11.5 Å². The fourth-order valence-corrected chi connectivity index (χ4v) is 4.27. The van der Waals surface area contributed by atoms with Crippen LogP contribution in [0.3, 0.4) is 0 Å². The van der Waals surface area contributed by atoms with Crippen LogP contribution in [-0.4, -0.2) is 25.6 Å². The van der Waals surface area contributed by atoms with Crippen molar-refractivity contribution in [1.82, 2.24) is 0 Å². The van der Waals surface area contributed by atoms with E-state index >= 15 is 0 Å². The molecule has 0 saturated carbocycles. The third kappa shape index (κ3) is 5.44. The molecular weight excluding hydrogens is 457 g/mol. The second-order valence-corrected chi connectivity index (χ2v) is 8.39. The number of carbonyl (C=O) groups is 1. The summed E-state index contributed by atoms with van der Waals surface area (Å²) < 4.78 is 31.6.